The predicted molar refractivity (Wildman–Crippen MR) is 133 cm³/mol. The van der Waals surface area contributed by atoms with Crippen molar-refractivity contribution < 1.29 is 19.5 Å². The maximum absolute atomic E-state index is 11.0. The summed E-state index contributed by atoms with van der Waals surface area (Å²) in [5.74, 6) is -0.760. The normalized spacial score (nSPS) is 14.0. The first kappa shape index (κ1) is 30.4. The number of rotatable bonds is 23. The van der Waals surface area contributed by atoms with E-state index in [-0.39, 0.29) is 6.42 Å². The van der Waals surface area contributed by atoms with Crippen LogP contribution in [0.25, 0.3) is 0 Å². The van der Waals surface area contributed by atoms with Crippen molar-refractivity contribution >= 4 is 5.97 Å². The smallest absolute Gasteiger partial charge is 0.309 e. The van der Waals surface area contributed by atoms with Gasteiger partial charge in [0.25, 0.3) is 0 Å². The molecule has 4 heteroatoms. The van der Waals surface area contributed by atoms with Crippen molar-refractivity contribution in [3.63, 3.8) is 0 Å². The molecule has 1 atom stereocenters. The van der Waals surface area contributed by atoms with E-state index in [0.717, 1.165) is 19.3 Å². The fraction of sp³-hybridized carbons (Fsp3) is 0.963. The second kappa shape index (κ2) is 18.9. The Bertz CT molecular complexity index is 425. The van der Waals surface area contributed by atoms with Crippen LogP contribution in [0.15, 0.2) is 0 Å². The molecule has 0 amide bonds. The number of hydrogen-bond acceptors (Lipinski definition) is 2. The zero-order chi connectivity index (χ0) is 23.4. The highest BCUT2D eigenvalue weighted by atomic mass is 16.4. The maximum Gasteiger partial charge on any atom is 0.309 e. The van der Waals surface area contributed by atoms with Gasteiger partial charge in [-0.3, -0.25) is 4.79 Å². The molecule has 0 rings (SSSR count). The van der Waals surface area contributed by atoms with E-state index in [9.17, 15) is 9.90 Å². The minimum atomic E-state index is -0.760. The van der Waals surface area contributed by atoms with Crippen LogP contribution in [-0.4, -0.2) is 53.5 Å². The Labute approximate surface area is 194 Å². The summed E-state index contributed by atoms with van der Waals surface area (Å²) in [7, 11) is 4.05. The molecule has 0 aliphatic rings. The van der Waals surface area contributed by atoms with Gasteiger partial charge in [0, 0.05) is 0 Å². The molecular formula is C27H56NO3+. The van der Waals surface area contributed by atoms with Crippen LogP contribution in [0.3, 0.4) is 0 Å². The fourth-order valence-electron chi connectivity index (χ4n) is 4.64. The van der Waals surface area contributed by atoms with E-state index in [4.69, 9.17) is 5.11 Å². The molecule has 0 aliphatic heterocycles. The molecule has 1 unspecified atom stereocenters. The van der Waals surface area contributed by atoms with Gasteiger partial charge in [-0.25, -0.2) is 0 Å². The minimum absolute atomic E-state index is 0.159. The number of likely N-dealkylation sites (N-methyl/N-ethyl adjacent to an activating group) is 1. The first-order valence-corrected chi connectivity index (χ1v) is 13.5. The molecule has 186 valence electrons. The third-order valence-electron chi connectivity index (χ3n) is 6.81. The SMILES string of the molecule is CCCCCCCCCCCCCCCCCCC(O)(CC)C[N+](C)(C)CCC(=O)O. The van der Waals surface area contributed by atoms with Crippen LogP contribution < -0.4 is 0 Å². The van der Waals surface area contributed by atoms with Gasteiger partial charge in [0.15, 0.2) is 0 Å². The lowest BCUT2D eigenvalue weighted by molar-refractivity contribution is -0.896. The van der Waals surface area contributed by atoms with Crippen LogP contribution >= 0.6 is 0 Å². The Kier molecular flexibility index (Phi) is 18.5. The summed E-state index contributed by atoms with van der Waals surface area (Å²) in [6, 6.07) is 0. The van der Waals surface area contributed by atoms with Gasteiger partial charge in [-0.05, 0) is 12.8 Å². The van der Waals surface area contributed by atoms with Gasteiger partial charge in [0.2, 0.25) is 0 Å². The monoisotopic (exact) mass is 442 g/mol. The Morgan fingerprint density at radius 3 is 1.45 bits per heavy atom. The van der Waals surface area contributed by atoms with Gasteiger partial charge in [0.1, 0.15) is 12.1 Å². The molecule has 0 fully saturated rings. The van der Waals surface area contributed by atoms with Crippen molar-refractivity contribution in [3.8, 4) is 0 Å². The van der Waals surface area contributed by atoms with Crippen LogP contribution in [0, 0.1) is 0 Å². The lowest BCUT2D eigenvalue weighted by atomic mass is 9.91. The zero-order valence-electron chi connectivity index (χ0n) is 21.6. The number of nitrogens with zero attached hydrogens (tertiary/aromatic N) is 1. The van der Waals surface area contributed by atoms with E-state index >= 15 is 0 Å². The van der Waals surface area contributed by atoms with Gasteiger partial charge in [0.05, 0.1) is 27.1 Å². The van der Waals surface area contributed by atoms with Crippen molar-refractivity contribution in [2.45, 2.75) is 141 Å². The number of quaternary nitrogens is 1. The molecule has 0 saturated heterocycles. The van der Waals surface area contributed by atoms with E-state index < -0.39 is 11.6 Å². The molecule has 0 heterocycles. The second-order valence-electron chi connectivity index (χ2n) is 10.6. The molecule has 0 saturated carbocycles. The van der Waals surface area contributed by atoms with E-state index in [2.05, 4.69) is 6.92 Å². The van der Waals surface area contributed by atoms with Crippen LogP contribution in [0.2, 0.25) is 0 Å². The third-order valence-corrected chi connectivity index (χ3v) is 6.81. The fourth-order valence-corrected chi connectivity index (χ4v) is 4.64. The largest absolute Gasteiger partial charge is 0.481 e. The van der Waals surface area contributed by atoms with Gasteiger partial charge in [-0.2, -0.15) is 0 Å². The number of hydrogen-bond donors (Lipinski definition) is 2. The van der Waals surface area contributed by atoms with E-state index in [1.54, 1.807) is 0 Å². The van der Waals surface area contributed by atoms with Gasteiger partial charge < -0.3 is 14.7 Å². The average molecular weight is 443 g/mol. The highest BCUT2D eigenvalue weighted by Crippen LogP contribution is 2.23. The summed E-state index contributed by atoms with van der Waals surface area (Å²) in [6.07, 6.45) is 23.5. The van der Waals surface area contributed by atoms with Gasteiger partial charge >= 0.3 is 5.97 Å². The highest BCUT2D eigenvalue weighted by Gasteiger charge is 2.33. The van der Waals surface area contributed by atoms with Gasteiger partial charge in [-0.15, -0.1) is 0 Å². The van der Waals surface area contributed by atoms with Crippen LogP contribution in [0.4, 0.5) is 0 Å². The summed E-state index contributed by atoms with van der Waals surface area (Å²) in [6.45, 7) is 5.53. The molecule has 0 aromatic carbocycles. The highest BCUT2D eigenvalue weighted by molar-refractivity contribution is 5.66. The first-order valence-electron chi connectivity index (χ1n) is 13.5. The predicted octanol–water partition coefficient (Wildman–Crippen LogP) is 7.33. The lowest BCUT2D eigenvalue weighted by Crippen LogP contribution is -2.52. The number of unbranched alkanes of at least 4 members (excludes halogenated alkanes) is 15. The molecule has 0 aromatic rings. The zero-order valence-corrected chi connectivity index (χ0v) is 21.6. The third kappa shape index (κ3) is 19.8. The standard InChI is InChI=1S/C27H55NO3/c1-5-7-8-9-10-11-12-13-14-15-16-17-18-19-20-21-23-27(31,6-2)25-28(3,4)24-22-26(29)30/h31H,5-25H2,1-4H3/p+1. The van der Waals surface area contributed by atoms with Crippen molar-refractivity contribution in [3.05, 3.63) is 0 Å². The molecule has 0 radical (unpaired) electrons. The van der Waals surface area contributed by atoms with Crippen LogP contribution in [-0.2, 0) is 4.79 Å². The molecule has 0 aromatic heterocycles. The second-order valence-corrected chi connectivity index (χ2v) is 10.6. The summed E-state index contributed by atoms with van der Waals surface area (Å²) in [5, 5.41) is 19.9. The summed E-state index contributed by atoms with van der Waals surface area (Å²) in [5.41, 5.74) is -0.669. The number of carboxylic acid groups (broad SMARTS) is 1. The van der Waals surface area contributed by atoms with Gasteiger partial charge in [-0.1, -0.05) is 117 Å². The van der Waals surface area contributed by atoms with E-state index in [0.29, 0.717) is 17.6 Å². The molecule has 2 N–H and O–H groups in total. The van der Waals surface area contributed by atoms with Crippen molar-refractivity contribution in [2.75, 3.05) is 27.2 Å². The number of carbonyl (C=O) groups is 1. The maximum atomic E-state index is 11.0. The minimum Gasteiger partial charge on any atom is -0.481 e. The van der Waals surface area contributed by atoms with Crippen molar-refractivity contribution in [1.82, 2.24) is 0 Å². The van der Waals surface area contributed by atoms with Crippen molar-refractivity contribution in [1.29, 1.82) is 0 Å². The number of aliphatic carboxylic acids is 1. The topological polar surface area (TPSA) is 57.5 Å². The van der Waals surface area contributed by atoms with Crippen LogP contribution in [0.5, 0.6) is 0 Å². The molecule has 31 heavy (non-hydrogen) atoms. The molecule has 0 spiro atoms. The van der Waals surface area contributed by atoms with Crippen molar-refractivity contribution in [2.24, 2.45) is 0 Å². The summed E-state index contributed by atoms with van der Waals surface area (Å²) >= 11 is 0. The van der Waals surface area contributed by atoms with Crippen LogP contribution in [0.1, 0.15) is 136 Å². The Hall–Kier alpha value is -0.610. The number of aliphatic hydroxyl groups is 1. The Morgan fingerprint density at radius 2 is 1.10 bits per heavy atom. The summed E-state index contributed by atoms with van der Waals surface area (Å²) in [4.78, 5) is 10.8. The molecule has 0 aliphatic carbocycles. The Morgan fingerprint density at radius 1 is 0.710 bits per heavy atom. The van der Waals surface area contributed by atoms with E-state index in [1.807, 2.05) is 21.0 Å². The molecular weight excluding hydrogens is 386 g/mol. The summed E-state index contributed by atoms with van der Waals surface area (Å²) < 4.78 is 0.565. The molecule has 0 bridgehead atoms. The van der Waals surface area contributed by atoms with E-state index in [1.165, 1.54) is 96.3 Å². The first-order chi connectivity index (χ1) is 14.7. The quantitative estimate of drug-likeness (QED) is 0.129. The average Bonchev–Trinajstić information content (AvgIpc) is 2.72. The lowest BCUT2D eigenvalue weighted by Gasteiger charge is -2.38. The number of carboxylic acids is 1. The Balaban J connectivity index is 3.62. The molecule has 4 nitrogen and oxygen atoms in total.